The van der Waals surface area contributed by atoms with Gasteiger partial charge in [0.2, 0.25) is 0 Å². The van der Waals surface area contributed by atoms with Crippen LogP contribution in [0, 0.1) is 0 Å². The Labute approximate surface area is 105 Å². The van der Waals surface area contributed by atoms with Crippen LogP contribution in [0.4, 0.5) is 0 Å². The molecule has 96 valence electrons. The third-order valence-electron chi connectivity index (χ3n) is 2.62. The van der Waals surface area contributed by atoms with Crippen LogP contribution in [0.25, 0.3) is 0 Å². The average Bonchev–Trinajstić information content (AvgIpc) is 2.33. The van der Waals surface area contributed by atoms with E-state index in [1.54, 1.807) is 7.11 Å². The molecule has 2 N–H and O–H groups in total. The van der Waals surface area contributed by atoms with Crippen molar-refractivity contribution in [1.82, 2.24) is 10.6 Å². The number of nitrogens with one attached hydrogen (secondary N) is 2. The largest absolute Gasteiger partial charge is 0.496 e. The van der Waals surface area contributed by atoms with Gasteiger partial charge in [-0.2, -0.15) is 0 Å². The molecule has 0 aromatic heterocycles. The molecule has 3 heteroatoms. The number of rotatable bonds is 8. The van der Waals surface area contributed by atoms with Crippen molar-refractivity contribution >= 4 is 0 Å². The molecule has 0 fully saturated rings. The summed E-state index contributed by atoms with van der Waals surface area (Å²) in [6, 6.07) is 8.74. The summed E-state index contributed by atoms with van der Waals surface area (Å²) in [7, 11) is 1.72. The second-order valence-electron chi connectivity index (χ2n) is 4.42. The van der Waals surface area contributed by atoms with Gasteiger partial charge in [-0.1, -0.05) is 32.0 Å². The second kappa shape index (κ2) is 8.09. The predicted octanol–water partition coefficient (Wildman–Crippen LogP) is 1.83. The van der Waals surface area contributed by atoms with Crippen molar-refractivity contribution in [2.45, 2.75) is 26.3 Å². The second-order valence-corrected chi connectivity index (χ2v) is 4.42. The number of hydrogen-bond donors (Lipinski definition) is 2. The van der Waals surface area contributed by atoms with Crippen molar-refractivity contribution in [3.8, 4) is 5.75 Å². The molecule has 1 aromatic carbocycles. The average molecular weight is 236 g/mol. The maximum Gasteiger partial charge on any atom is 0.122 e. The third-order valence-corrected chi connectivity index (χ3v) is 2.62. The van der Waals surface area contributed by atoms with E-state index in [0.717, 1.165) is 31.8 Å². The Morgan fingerprint density at radius 3 is 2.59 bits per heavy atom. The zero-order valence-electron chi connectivity index (χ0n) is 11.1. The Morgan fingerprint density at radius 1 is 1.12 bits per heavy atom. The van der Waals surface area contributed by atoms with Gasteiger partial charge in [-0.25, -0.2) is 0 Å². The van der Waals surface area contributed by atoms with Crippen molar-refractivity contribution in [3.05, 3.63) is 29.8 Å². The summed E-state index contributed by atoms with van der Waals surface area (Å²) in [5.41, 5.74) is 1.26. The van der Waals surface area contributed by atoms with Gasteiger partial charge in [0.15, 0.2) is 0 Å². The number of para-hydroxylation sites is 1. The Bertz CT molecular complexity index is 313. The van der Waals surface area contributed by atoms with E-state index in [9.17, 15) is 0 Å². The van der Waals surface area contributed by atoms with Crippen LogP contribution in [0.3, 0.4) is 0 Å². The smallest absolute Gasteiger partial charge is 0.122 e. The minimum atomic E-state index is 0.561. The highest BCUT2D eigenvalue weighted by Crippen LogP contribution is 2.16. The zero-order chi connectivity index (χ0) is 12.5. The summed E-state index contributed by atoms with van der Waals surface area (Å²) in [4.78, 5) is 0. The molecule has 0 unspecified atom stereocenters. The van der Waals surface area contributed by atoms with Gasteiger partial charge in [0, 0.05) is 19.1 Å². The monoisotopic (exact) mass is 236 g/mol. The molecule has 3 nitrogen and oxygen atoms in total. The minimum absolute atomic E-state index is 0.561. The Morgan fingerprint density at radius 2 is 1.88 bits per heavy atom. The van der Waals surface area contributed by atoms with Crippen LogP contribution in [-0.4, -0.2) is 32.8 Å². The Kier molecular flexibility index (Phi) is 6.67. The molecule has 0 aliphatic heterocycles. The number of methoxy groups -OCH3 is 1. The molecule has 1 rings (SSSR count). The molecule has 0 heterocycles. The lowest BCUT2D eigenvalue weighted by Gasteiger charge is -2.10. The molecule has 0 saturated carbocycles. The highest BCUT2D eigenvalue weighted by Gasteiger charge is 2.00. The van der Waals surface area contributed by atoms with E-state index in [0.29, 0.717) is 6.04 Å². The van der Waals surface area contributed by atoms with Crippen LogP contribution in [0.5, 0.6) is 5.75 Å². The molecule has 0 atom stereocenters. The topological polar surface area (TPSA) is 33.3 Å². The predicted molar refractivity (Wildman–Crippen MR) is 72.7 cm³/mol. The summed E-state index contributed by atoms with van der Waals surface area (Å²) in [6.07, 6.45) is 1.01. The van der Waals surface area contributed by atoms with Crippen LogP contribution in [0.2, 0.25) is 0 Å². The highest BCUT2D eigenvalue weighted by molar-refractivity contribution is 5.33. The molecule has 0 aliphatic carbocycles. The Balaban J connectivity index is 2.17. The van der Waals surface area contributed by atoms with Crippen molar-refractivity contribution in [3.63, 3.8) is 0 Å². The van der Waals surface area contributed by atoms with Gasteiger partial charge in [0.1, 0.15) is 5.75 Å². The molecular weight excluding hydrogens is 212 g/mol. The molecule has 0 spiro atoms. The van der Waals surface area contributed by atoms with Crippen LogP contribution < -0.4 is 15.4 Å². The van der Waals surface area contributed by atoms with Crippen molar-refractivity contribution in [2.75, 3.05) is 26.7 Å². The maximum absolute atomic E-state index is 5.31. The van der Waals surface area contributed by atoms with E-state index >= 15 is 0 Å². The standard InChI is InChI=1S/C14H24N2O/c1-12(2)16-11-10-15-9-8-13-6-4-5-7-14(13)17-3/h4-7,12,15-16H,8-11H2,1-3H3. The fourth-order valence-electron chi connectivity index (χ4n) is 1.71. The maximum atomic E-state index is 5.31. The quantitative estimate of drug-likeness (QED) is 0.676. The van der Waals surface area contributed by atoms with Gasteiger partial charge in [-0.05, 0) is 24.6 Å². The van der Waals surface area contributed by atoms with Gasteiger partial charge in [0.05, 0.1) is 7.11 Å². The fraction of sp³-hybridized carbons (Fsp3) is 0.571. The fourth-order valence-corrected chi connectivity index (χ4v) is 1.71. The van der Waals surface area contributed by atoms with E-state index in [2.05, 4.69) is 36.6 Å². The minimum Gasteiger partial charge on any atom is -0.496 e. The van der Waals surface area contributed by atoms with Crippen LogP contribution in [-0.2, 0) is 6.42 Å². The van der Waals surface area contributed by atoms with E-state index in [1.165, 1.54) is 5.56 Å². The third kappa shape index (κ3) is 5.71. The first kappa shape index (κ1) is 14.0. The molecular formula is C14H24N2O. The first-order valence-electron chi connectivity index (χ1n) is 6.30. The molecule has 0 saturated heterocycles. The molecule has 0 bridgehead atoms. The zero-order valence-corrected chi connectivity index (χ0v) is 11.1. The van der Waals surface area contributed by atoms with Crippen molar-refractivity contribution in [2.24, 2.45) is 0 Å². The first-order chi connectivity index (χ1) is 8.24. The van der Waals surface area contributed by atoms with Gasteiger partial charge in [-0.3, -0.25) is 0 Å². The van der Waals surface area contributed by atoms with Gasteiger partial charge in [-0.15, -0.1) is 0 Å². The lowest BCUT2D eigenvalue weighted by Crippen LogP contribution is -2.32. The van der Waals surface area contributed by atoms with Crippen LogP contribution >= 0.6 is 0 Å². The lowest BCUT2D eigenvalue weighted by molar-refractivity contribution is 0.409. The lowest BCUT2D eigenvalue weighted by atomic mass is 10.1. The number of ether oxygens (including phenoxy) is 1. The summed E-state index contributed by atoms with van der Waals surface area (Å²) in [6.45, 7) is 7.33. The SMILES string of the molecule is COc1ccccc1CCNCCNC(C)C. The molecule has 0 aliphatic rings. The van der Waals surface area contributed by atoms with E-state index in [1.807, 2.05) is 12.1 Å². The summed E-state index contributed by atoms with van der Waals surface area (Å²) < 4.78 is 5.31. The van der Waals surface area contributed by atoms with Gasteiger partial charge in [0.25, 0.3) is 0 Å². The summed E-state index contributed by atoms with van der Waals surface area (Å²) in [5.74, 6) is 0.981. The van der Waals surface area contributed by atoms with Crippen LogP contribution in [0.1, 0.15) is 19.4 Å². The molecule has 1 aromatic rings. The first-order valence-corrected chi connectivity index (χ1v) is 6.30. The number of benzene rings is 1. The molecule has 0 amide bonds. The van der Waals surface area contributed by atoms with E-state index < -0.39 is 0 Å². The van der Waals surface area contributed by atoms with Gasteiger partial charge >= 0.3 is 0 Å². The van der Waals surface area contributed by atoms with Crippen molar-refractivity contribution in [1.29, 1.82) is 0 Å². The van der Waals surface area contributed by atoms with Gasteiger partial charge < -0.3 is 15.4 Å². The number of hydrogen-bond acceptors (Lipinski definition) is 3. The van der Waals surface area contributed by atoms with Crippen molar-refractivity contribution < 1.29 is 4.74 Å². The van der Waals surface area contributed by atoms with E-state index in [4.69, 9.17) is 4.74 Å². The summed E-state index contributed by atoms with van der Waals surface area (Å²) >= 11 is 0. The molecule has 0 radical (unpaired) electrons. The van der Waals surface area contributed by atoms with Crippen LogP contribution in [0.15, 0.2) is 24.3 Å². The highest BCUT2D eigenvalue weighted by atomic mass is 16.5. The van der Waals surface area contributed by atoms with E-state index in [-0.39, 0.29) is 0 Å². The Hall–Kier alpha value is -1.06. The normalized spacial score (nSPS) is 10.8. The molecule has 17 heavy (non-hydrogen) atoms. The summed E-state index contributed by atoms with van der Waals surface area (Å²) in [5, 5.41) is 6.80.